The molecular formula is C21H31N5O. The molecule has 0 aliphatic carbocycles. The molecule has 1 aliphatic heterocycles. The second-order valence-corrected chi connectivity index (χ2v) is 7.58. The number of benzene rings is 1. The number of aryl methyl sites for hydroxylation is 2. The molecule has 0 saturated carbocycles. The third-order valence-corrected chi connectivity index (χ3v) is 5.25. The lowest BCUT2D eigenvalue weighted by molar-refractivity contribution is -0.117. The van der Waals surface area contributed by atoms with Crippen LogP contribution in [0.15, 0.2) is 30.3 Å². The van der Waals surface area contributed by atoms with Crippen molar-refractivity contribution in [3.05, 3.63) is 41.6 Å². The Morgan fingerprint density at radius 3 is 2.56 bits per heavy atom. The van der Waals surface area contributed by atoms with Gasteiger partial charge in [0.1, 0.15) is 5.82 Å². The SMILES string of the molecule is CNCCC1CCN(CC(=O)Nc2cc(C)nn2-c2ccc(C)cc2)CC1. The van der Waals surface area contributed by atoms with Crippen molar-refractivity contribution in [1.29, 1.82) is 0 Å². The molecule has 2 aromatic rings. The van der Waals surface area contributed by atoms with E-state index in [9.17, 15) is 4.79 Å². The fourth-order valence-electron chi connectivity index (χ4n) is 3.64. The molecule has 0 spiro atoms. The molecule has 1 fully saturated rings. The largest absolute Gasteiger partial charge is 0.320 e. The number of hydrogen-bond donors (Lipinski definition) is 2. The lowest BCUT2D eigenvalue weighted by Crippen LogP contribution is -2.39. The van der Waals surface area contributed by atoms with Crippen molar-refractivity contribution in [2.75, 3.05) is 38.5 Å². The Labute approximate surface area is 161 Å². The average Bonchev–Trinajstić information content (AvgIpc) is 3.01. The van der Waals surface area contributed by atoms with Crippen molar-refractivity contribution in [2.24, 2.45) is 5.92 Å². The number of amides is 1. The van der Waals surface area contributed by atoms with Crippen LogP contribution in [0.3, 0.4) is 0 Å². The maximum absolute atomic E-state index is 12.6. The van der Waals surface area contributed by atoms with E-state index in [0.717, 1.165) is 42.8 Å². The van der Waals surface area contributed by atoms with Crippen LogP contribution < -0.4 is 10.6 Å². The van der Waals surface area contributed by atoms with Crippen molar-refractivity contribution in [2.45, 2.75) is 33.1 Å². The van der Waals surface area contributed by atoms with Crippen molar-refractivity contribution in [3.8, 4) is 5.69 Å². The molecule has 1 aliphatic rings. The number of nitrogens with one attached hydrogen (secondary N) is 2. The maximum atomic E-state index is 12.6. The summed E-state index contributed by atoms with van der Waals surface area (Å²) >= 11 is 0. The molecule has 1 amide bonds. The van der Waals surface area contributed by atoms with E-state index in [1.807, 2.05) is 32.2 Å². The lowest BCUT2D eigenvalue weighted by atomic mass is 9.93. The molecule has 27 heavy (non-hydrogen) atoms. The molecule has 3 rings (SSSR count). The van der Waals surface area contributed by atoms with Gasteiger partial charge in [-0.25, -0.2) is 4.68 Å². The van der Waals surface area contributed by atoms with E-state index in [-0.39, 0.29) is 5.91 Å². The second-order valence-electron chi connectivity index (χ2n) is 7.58. The van der Waals surface area contributed by atoms with Crippen LogP contribution in [0.1, 0.15) is 30.5 Å². The first-order valence-corrected chi connectivity index (χ1v) is 9.85. The quantitative estimate of drug-likeness (QED) is 0.788. The summed E-state index contributed by atoms with van der Waals surface area (Å²) in [6.45, 7) is 7.51. The molecule has 0 bridgehead atoms. The van der Waals surface area contributed by atoms with Crippen LogP contribution in [0.25, 0.3) is 5.69 Å². The molecule has 2 heterocycles. The summed E-state index contributed by atoms with van der Waals surface area (Å²) in [5, 5.41) is 10.8. The molecule has 2 N–H and O–H groups in total. The van der Waals surface area contributed by atoms with Gasteiger partial charge < -0.3 is 10.6 Å². The number of carbonyl (C=O) groups excluding carboxylic acids is 1. The van der Waals surface area contributed by atoms with Crippen LogP contribution in [0.4, 0.5) is 5.82 Å². The van der Waals surface area contributed by atoms with E-state index in [4.69, 9.17) is 0 Å². The molecule has 1 aromatic carbocycles. The van der Waals surface area contributed by atoms with Gasteiger partial charge in [-0.3, -0.25) is 9.69 Å². The highest BCUT2D eigenvalue weighted by atomic mass is 16.2. The number of aromatic nitrogens is 2. The normalized spacial score (nSPS) is 15.8. The van der Waals surface area contributed by atoms with E-state index >= 15 is 0 Å². The van der Waals surface area contributed by atoms with Gasteiger partial charge in [0.05, 0.1) is 17.9 Å². The van der Waals surface area contributed by atoms with Crippen LogP contribution in [0, 0.1) is 19.8 Å². The van der Waals surface area contributed by atoms with Gasteiger partial charge in [-0.05, 0) is 77.8 Å². The topological polar surface area (TPSA) is 62.2 Å². The fraction of sp³-hybridized carbons (Fsp3) is 0.524. The molecule has 0 unspecified atom stereocenters. The number of nitrogens with zero attached hydrogens (tertiary/aromatic N) is 3. The summed E-state index contributed by atoms with van der Waals surface area (Å²) in [7, 11) is 2.00. The van der Waals surface area contributed by atoms with Crippen LogP contribution in [-0.2, 0) is 4.79 Å². The lowest BCUT2D eigenvalue weighted by Gasteiger charge is -2.31. The first-order chi connectivity index (χ1) is 13.0. The molecule has 1 aromatic heterocycles. The standard InChI is InChI=1S/C21H31N5O/c1-16-4-6-19(7-5-16)26-20(14-17(2)24-26)23-21(27)15-25-12-9-18(10-13-25)8-11-22-3/h4-7,14,18,22H,8-13,15H2,1-3H3,(H,23,27). The summed E-state index contributed by atoms with van der Waals surface area (Å²) in [4.78, 5) is 14.8. The van der Waals surface area contributed by atoms with E-state index in [2.05, 4.69) is 39.7 Å². The van der Waals surface area contributed by atoms with Crippen molar-refractivity contribution >= 4 is 11.7 Å². The van der Waals surface area contributed by atoms with E-state index in [0.29, 0.717) is 6.54 Å². The van der Waals surface area contributed by atoms with Gasteiger partial charge >= 0.3 is 0 Å². The Hall–Kier alpha value is -2.18. The van der Waals surface area contributed by atoms with Gasteiger partial charge in [-0.1, -0.05) is 17.7 Å². The highest BCUT2D eigenvalue weighted by Crippen LogP contribution is 2.21. The van der Waals surface area contributed by atoms with Gasteiger partial charge in [0, 0.05) is 6.07 Å². The molecule has 146 valence electrons. The van der Waals surface area contributed by atoms with Gasteiger partial charge in [0.25, 0.3) is 0 Å². The second kappa shape index (κ2) is 9.15. The van der Waals surface area contributed by atoms with Crippen molar-refractivity contribution in [1.82, 2.24) is 20.0 Å². The van der Waals surface area contributed by atoms with Crippen molar-refractivity contribution in [3.63, 3.8) is 0 Å². The maximum Gasteiger partial charge on any atom is 0.239 e. The van der Waals surface area contributed by atoms with Gasteiger partial charge in [-0.2, -0.15) is 5.10 Å². The number of likely N-dealkylation sites (tertiary alicyclic amines) is 1. The van der Waals surface area contributed by atoms with E-state index < -0.39 is 0 Å². The first kappa shape index (κ1) is 19.6. The Morgan fingerprint density at radius 1 is 1.19 bits per heavy atom. The zero-order valence-corrected chi connectivity index (χ0v) is 16.7. The average molecular weight is 370 g/mol. The molecule has 6 nitrogen and oxygen atoms in total. The summed E-state index contributed by atoms with van der Waals surface area (Å²) in [5.74, 6) is 1.53. The first-order valence-electron chi connectivity index (χ1n) is 9.85. The van der Waals surface area contributed by atoms with Crippen LogP contribution in [0.2, 0.25) is 0 Å². The Kier molecular flexibility index (Phi) is 6.63. The minimum atomic E-state index is 0.0249. The Bertz CT molecular complexity index is 744. The van der Waals surface area contributed by atoms with Crippen LogP contribution in [0.5, 0.6) is 0 Å². The third kappa shape index (κ3) is 5.40. The number of piperidine rings is 1. The zero-order valence-electron chi connectivity index (χ0n) is 16.7. The number of hydrogen-bond acceptors (Lipinski definition) is 4. The summed E-state index contributed by atoms with van der Waals surface area (Å²) < 4.78 is 1.80. The molecule has 6 heteroatoms. The summed E-state index contributed by atoms with van der Waals surface area (Å²) in [6, 6.07) is 10.1. The Morgan fingerprint density at radius 2 is 1.89 bits per heavy atom. The number of carbonyl (C=O) groups is 1. The third-order valence-electron chi connectivity index (χ3n) is 5.25. The van der Waals surface area contributed by atoms with Crippen LogP contribution >= 0.6 is 0 Å². The number of rotatable bonds is 7. The molecule has 0 atom stereocenters. The van der Waals surface area contributed by atoms with Gasteiger partial charge in [0.2, 0.25) is 5.91 Å². The van der Waals surface area contributed by atoms with Crippen LogP contribution in [-0.4, -0.2) is 53.8 Å². The summed E-state index contributed by atoms with van der Waals surface area (Å²) in [6.07, 6.45) is 3.58. The van der Waals surface area contributed by atoms with Gasteiger partial charge in [-0.15, -0.1) is 0 Å². The van der Waals surface area contributed by atoms with E-state index in [1.165, 1.54) is 24.8 Å². The molecule has 1 saturated heterocycles. The molecule has 0 radical (unpaired) electrons. The predicted octanol–water partition coefficient (Wildman–Crippen LogP) is 2.75. The highest BCUT2D eigenvalue weighted by molar-refractivity contribution is 5.91. The summed E-state index contributed by atoms with van der Waals surface area (Å²) in [5.41, 5.74) is 3.04. The van der Waals surface area contributed by atoms with Gasteiger partial charge in [0.15, 0.2) is 0 Å². The van der Waals surface area contributed by atoms with Crippen molar-refractivity contribution < 1.29 is 4.79 Å². The Balaban J connectivity index is 1.57. The predicted molar refractivity (Wildman–Crippen MR) is 109 cm³/mol. The monoisotopic (exact) mass is 369 g/mol. The smallest absolute Gasteiger partial charge is 0.239 e. The fourth-order valence-corrected chi connectivity index (χ4v) is 3.64. The number of anilines is 1. The van der Waals surface area contributed by atoms with E-state index in [1.54, 1.807) is 4.68 Å². The minimum Gasteiger partial charge on any atom is -0.320 e. The zero-order chi connectivity index (χ0) is 19.2. The minimum absolute atomic E-state index is 0.0249. The molecular weight excluding hydrogens is 338 g/mol. The highest BCUT2D eigenvalue weighted by Gasteiger charge is 2.21.